The van der Waals surface area contributed by atoms with Crippen molar-refractivity contribution in [1.29, 1.82) is 5.26 Å². The molecule has 5 fully saturated rings. The predicted octanol–water partition coefficient (Wildman–Crippen LogP) is 2.75. The Morgan fingerprint density at radius 3 is 2.40 bits per heavy atom. The average molecular weight is 499 g/mol. The van der Waals surface area contributed by atoms with E-state index < -0.39 is 15.6 Å². The van der Waals surface area contributed by atoms with Gasteiger partial charge in [0.15, 0.2) is 5.78 Å². The van der Waals surface area contributed by atoms with Gasteiger partial charge in [-0.2, -0.15) is 5.26 Å². The van der Waals surface area contributed by atoms with Gasteiger partial charge < -0.3 is 10.2 Å². The van der Waals surface area contributed by atoms with Crippen molar-refractivity contribution in [3.8, 4) is 6.07 Å². The summed E-state index contributed by atoms with van der Waals surface area (Å²) in [6.07, 6.45) is 7.56. The molecule has 188 valence electrons. The summed E-state index contributed by atoms with van der Waals surface area (Å²) < 4.78 is 29.7. The van der Waals surface area contributed by atoms with Crippen LogP contribution in [0, 0.1) is 23.2 Å². The smallest absolute Gasteiger partial charge is 0.241 e. The van der Waals surface area contributed by atoms with E-state index in [9.17, 15) is 18.0 Å². The lowest BCUT2D eigenvalue weighted by Crippen LogP contribution is -2.69. The highest BCUT2D eigenvalue weighted by atomic mass is 32.2. The topological polar surface area (TPSA) is 119 Å². The standard InChI is InChI=1S/C26H34N4O4S/c1-18(31)21-4-6-23(7-5-21)35(33,34)29-26-14-19-11-20(15-26)13-25(12-19,17-26)28-16-24(32)30-10-2-3-22(30)8-9-27/h4-7,19-20,22,28-29H,2-3,8,10-17H2,1H3. The van der Waals surface area contributed by atoms with Crippen LogP contribution >= 0.6 is 0 Å². The third-order valence-corrected chi connectivity index (χ3v) is 10.2. The number of nitrogens with one attached hydrogen (secondary N) is 2. The number of amides is 1. The molecule has 1 aromatic rings. The van der Waals surface area contributed by atoms with Gasteiger partial charge >= 0.3 is 0 Å². The molecule has 4 bridgehead atoms. The monoisotopic (exact) mass is 498 g/mol. The first-order chi connectivity index (χ1) is 16.6. The van der Waals surface area contributed by atoms with Crippen LogP contribution in [-0.4, -0.2) is 55.2 Å². The van der Waals surface area contributed by atoms with Gasteiger partial charge in [0.2, 0.25) is 15.9 Å². The maximum atomic E-state index is 13.3. The quantitative estimate of drug-likeness (QED) is 0.532. The zero-order valence-corrected chi connectivity index (χ0v) is 21.1. The summed E-state index contributed by atoms with van der Waals surface area (Å²) in [6, 6.07) is 8.33. The maximum absolute atomic E-state index is 13.3. The van der Waals surface area contributed by atoms with Crippen LogP contribution in [0.3, 0.4) is 0 Å². The highest BCUT2D eigenvalue weighted by molar-refractivity contribution is 7.89. The van der Waals surface area contributed by atoms with Gasteiger partial charge in [0.25, 0.3) is 0 Å². The molecule has 0 aromatic heterocycles. The maximum Gasteiger partial charge on any atom is 0.241 e. The number of nitriles is 1. The second kappa shape index (κ2) is 8.99. The highest BCUT2D eigenvalue weighted by Crippen LogP contribution is 2.57. The highest BCUT2D eigenvalue weighted by Gasteiger charge is 2.58. The van der Waals surface area contributed by atoms with Crippen molar-refractivity contribution in [2.75, 3.05) is 13.1 Å². The van der Waals surface area contributed by atoms with E-state index in [1.165, 1.54) is 19.1 Å². The summed E-state index contributed by atoms with van der Waals surface area (Å²) in [5.74, 6) is 0.802. The van der Waals surface area contributed by atoms with E-state index in [-0.39, 0.29) is 34.7 Å². The molecule has 1 amide bonds. The normalized spacial score (nSPS) is 33.6. The van der Waals surface area contributed by atoms with Crippen molar-refractivity contribution in [2.24, 2.45) is 11.8 Å². The van der Waals surface area contributed by atoms with Crippen molar-refractivity contribution in [3.63, 3.8) is 0 Å². The minimum Gasteiger partial charge on any atom is -0.338 e. The number of sulfonamides is 1. The molecule has 1 aromatic carbocycles. The minimum absolute atomic E-state index is 0.0122. The Balaban J connectivity index is 1.30. The first-order valence-corrected chi connectivity index (χ1v) is 14.2. The number of likely N-dealkylation sites (tertiary alicyclic amines) is 1. The van der Waals surface area contributed by atoms with Gasteiger partial charge in [-0.3, -0.25) is 9.59 Å². The number of Topliss-reactive ketones (excluding diaryl/α,β-unsaturated/α-hetero) is 1. The molecule has 4 aliphatic carbocycles. The zero-order valence-electron chi connectivity index (χ0n) is 20.3. The summed E-state index contributed by atoms with van der Waals surface area (Å²) in [4.78, 5) is 26.6. The molecule has 0 spiro atoms. The number of hydrogen-bond donors (Lipinski definition) is 2. The second-order valence-electron chi connectivity index (χ2n) is 11.3. The lowest BCUT2D eigenvalue weighted by Gasteiger charge is -2.62. The molecule has 5 aliphatic rings. The fourth-order valence-corrected chi connectivity index (χ4v) is 9.07. The molecule has 35 heavy (non-hydrogen) atoms. The number of carbonyl (C=O) groups is 2. The minimum atomic E-state index is -3.74. The van der Waals surface area contributed by atoms with Crippen LogP contribution in [0.4, 0.5) is 0 Å². The number of ketones is 1. The van der Waals surface area contributed by atoms with E-state index in [4.69, 9.17) is 5.26 Å². The van der Waals surface area contributed by atoms with Crippen molar-refractivity contribution in [3.05, 3.63) is 29.8 Å². The number of nitrogens with zero attached hydrogens (tertiary/aromatic N) is 2. The summed E-state index contributed by atoms with van der Waals surface area (Å²) in [5.41, 5.74) is -0.276. The third kappa shape index (κ3) is 4.76. The number of benzene rings is 1. The molecule has 2 N–H and O–H groups in total. The number of rotatable bonds is 8. The SMILES string of the molecule is CC(=O)c1ccc(S(=O)(=O)NC23CC4CC(CC(NCC(=O)N5CCCC5CC#N)(C4)C2)C3)cc1. The van der Waals surface area contributed by atoms with Crippen LogP contribution in [0.25, 0.3) is 0 Å². The fraction of sp³-hybridized carbons (Fsp3) is 0.654. The van der Waals surface area contributed by atoms with Crippen LogP contribution in [-0.2, 0) is 14.8 Å². The van der Waals surface area contributed by atoms with E-state index >= 15 is 0 Å². The van der Waals surface area contributed by atoms with Gasteiger partial charge in [0.05, 0.1) is 23.9 Å². The Morgan fingerprint density at radius 1 is 1.11 bits per heavy atom. The first-order valence-electron chi connectivity index (χ1n) is 12.7. The van der Waals surface area contributed by atoms with E-state index in [0.29, 0.717) is 36.8 Å². The lowest BCUT2D eigenvalue weighted by molar-refractivity contribution is -0.132. The molecule has 6 rings (SSSR count). The second-order valence-corrected chi connectivity index (χ2v) is 13.0. The molecule has 1 heterocycles. The van der Waals surface area contributed by atoms with Crippen LogP contribution in [0.2, 0.25) is 0 Å². The first kappa shape index (κ1) is 24.4. The van der Waals surface area contributed by atoms with Gasteiger partial charge in [-0.05, 0) is 82.3 Å². The van der Waals surface area contributed by atoms with Gasteiger partial charge in [-0.15, -0.1) is 0 Å². The summed E-state index contributed by atoms with van der Waals surface area (Å²) in [7, 11) is -3.74. The summed E-state index contributed by atoms with van der Waals surface area (Å²) in [6.45, 7) is 2.40. The molecule has 9 heteroatoms. The molecule has 4 saturated carbocycles. The van der Waals surface area contributed by atoms with Gasteiger partial charge in [-0.25, -0.2) is 13.1 Å². The predicted molar refractivity (Wildman–Crippen MR) is 130 cm³/mol. The number of carbonyl (C=O) groups excluding carboxylic acids is 2. The van der Waals surface area contributed by atoms with E-state index in [2.05, 4.69) is 16.1 Å². The van der Waals surface area contributed by atoms with Gasteiger partial charge in [-0.1, -0.05) is 12.1 Å². The lowest BCUT2D eigenvalue weighted by atomic mass is 9.50. The summed E-state index contributed by atoms with van der Waals surface area (Å²) >= 11 is 0. The molecule has 1 aliphatic heterocycles. The number of hydrogen-bond acceptors (Lipinski definition) is 6. The molecule has 0 radical (unpaired) electrons. The van der Waals surface area contributed by atoms with Crippen LogP contribution in [0.1, 0.15) is 75.1 Å². The molecule has 3 unspecified atom stereocenters. The molecular weight excluding hydrogens is 464 g/mol. The Kier molecular flexibility index (Phi) is 6.27. The fourth-order valence-electron chi connectivity index (χ4n) is 7.65. The van der Waals surface area contributed by atoms with Crippen LogP contribution in [0.5, 0.6) is 0 Å². The molecular formula is C26H34N4O4S. The zero-order chi connectivity index (χ0) is 24.8. The van der Waals surface area contributed by atoms with Crippen molar-refractivity contribution >= 4 is 21.7 Å². The van der Waals surface area contributed by atoms with Gasteiger partial charge in [0.1, 0.15) is 0 Å². The Labute approximate surface area is 207 Å². The largest absolute Gasteiger partial charge is 0.338 e. The molecule has 3 atom stereocenters. The van der Waals surface area contributed by atoms with Crippen LogP contribution < -0.4 is 10.0 Å². The van der Waals surface area contributed by atoms with Crippen molar-refractivity contribution < 1.29 is 18.0 Å². The summed E-state index contributed by atoms with van der Waals surface area (Å²) in [5, 5.41) is 12.7. The third-order valence-electron chi connectivity index (χ3n) is 8.62. The Bertz CT molecular complexity index is 1140. The van der Waals surface area contributed by atoms with Crippen molar-refractivity contribution in [2.45, 2.75) is 86.7 Å². The van der Waals surface area contributed by atoms with Crippen molar-refractivity contribution in [1.82, 2.24) is 14.9 Å². The van der Waals surface area contributed by atoms with E-state index in [1.54, 1.807) is 12.1 Å². The Morgan fingerprint density at radius 2 is 1.77 bits per heavy atom. The molecule has 1 saturated heterocycles. The van der Waals surface area contributed by atoms with E-state index in [0.717, 1.165) is 44.9 Å². The van der Waals surface area contributed by atoms with Gasteiger partial charge in [0, 0.05) is 29.2 Å². The Hall–Kier alpha value is -2.28. The molecule has 8 nitrogen and oxygen atoms in total. The van der Waals surface area contributed by atoms with E-state index in [1.807, 2.05) is 4.90 Å². The van der Waals surface area contributed by atoms with Crippen LogP contribution in [0.15, 0.2) is 29.2 Å². The average Bonchev–Trinajstić information content (AvgIpc) is 3.25.